The van der Waals surface area contributed by atoms with Crippen LogP contribution in [-0.2, 0) is 13.0 Å². The number of hydrogen-bond donors (Lipinski definition) is 1. The summed E-state index contributed by atoms with van der Waals surface area (Å²) in [5.41, 5.74) is 3.36. The van der Waals surface area contributed by atoms with Crippen LogP contribution < -0.4 is 5.32 Å². The maximum Gasteiger partial charge on any atom is 0.115 e. The molecule has 1 aliphatic heterocycles. The standard InChI is InChI=1S/C10H11N5/c1-2-11-5-10-8(1)6-15(14-10)9-3-12-7-13-4-9/h3-4,6-7,11H,1-2,5H2. The summed E-state index contributed by atoms with van der Waals surface area (Å²) in [4.78, 5) is 7.96. The maximum absolute atomic E-state index is 4.50. The first-order valence-corrected chi connectivity index (χ1v) is 4.97. The molecule has 3 rings (SSSR count). The zero-order chi connectivity index (χ0) is 10.1. The van der Waals surface area contributed by atoms with E-state index in [0.29, 0.717) is 0 Å². The normalized spacial score (nSPS) is 14.9. The van der Waals surface area contributed by atoms with Gasteiger partial charge in [0.25, 0.3) is 0 Å². The van der Waals surface area contributed by atoms with Crippen molar-refractivity contribution in [3.05, 3.63) is 36.2 Å². The topological polar surface area (TPSA) is 55.6 Å². The van der Waals surface area contributed by atoms with Crippen LogP contribution in [0.5, 0.6) is 0 Å². The van der Waals surface area contributed by atoms with Crippen molar-refractivity contribution in [3.8, 4) is 5.69 Å². The molecule has 5 nitrogen and oxygen atoms in total. The van der Waals surface area contributed by atoms with E-state index in [0.717, 1.165) is 30.9 Å². The lowest BCUT2D eigenvalue weighted by atomic mass is 10.1. The van der Waals surface area contributed by atoms with Crippen molar-refractivity contribution in [2.75, 3.05) is 6.54 Å². The van der Waals surface area contributed by atoms with Crippen LogP contribution in [0.4, 0.5) is 0 Å². The molecular formula is C10H11N5. The summed E-state index contributed by atoms with van der Waals surface area (Å²) in [6, 6.07) is 0. The summed E-state index contributed by atoms with van der Waals surface area (Å²) in [5, 5.41) is 7.79. The highest BCUT2D eigenvalue weighted by atomic mass is 15.3. The van der Waals surface area contributed by atoms with Gasteiger partial charge in [0, 0.05) is 12.7 Å². The Kier molecular flexibility index (Phi) is 1.96. The van der Waals surface area contributed by atoms with E-state index >= 15 is 0 Å². The smallest absolute Gasteiger partial charge is 0.115 e. The number of nitrogens with zero attached hydrogens (tertiary/aromatic N) is 4. The fourth-order valence-corrected chi connectivity index (χ4v) is 1.77. The Hall–Kier alpha value is -1.75. The quantitative estimate of drug-likeness (QED) is 0.721. The van der Waals surface area contributed by atoms with Gasteiger partial charge in [0.15, 0.2) is 0 Å². The van der Waals surface area contributed by atoms with Crippen molar-refractivity contribution in [1.82, 2.24) is 25.1 Å². The molecule has 2 aromatic heterocycles. The molecule has 0 fully saturated rings. The predicted octanol–water partition coefficient (Wildman–Crippen LogP) is 0.308. The van der Waals surface area contributed by atoms with Crippen LogP contribution >= 0.6 is 0 Å². The van der Waals surface area contributed by atoms with E-state index in [9.17, 15) is 0 Å². The van der Waals surface area contributed by atoms with E-state index in [-0.39, 0.29) is 0 Å². The van der Waals surface area contributed by atoms with Crippen LogP contribution in [0.25, 0.3) is 5.69 Å². The van der Waals surface area contributed by atoms with Crippen molar-refractivity contribution in [1.29, 1.82) is 0 Å². The van der Waals surface area contributed by atoms with Crippen molar-refractivity contribution in [3.63, 3.8) is 0 Å². The minimum Gasteiger partial charge on any atom is -0.311 e. The fraction of sp³-hybridized carbons (Fsp3) is 0.300. The van der Waals surface area contributed by atoms with Crippen LogP contribution in [0.3, 0.4) is 0 Å². The molecule has 0 radical (unpaired) electrons. The predicted molar refractivity (Wildman–Crippen MR) is 54.6 cm³/mol. The van der Waals surface area contributed by atoms with E-state index in [1.54, 1.807) is 12.4 Å². The number of aromatic nitrogens is 4. The zero-order valence-electron chi connectivity index (χ0n) is 8.22. The lowest BCUT2D eigenvalue weighted by Gasteiger charge is -2.09. The molecule has 1 aliphatic rings. The van der Waals surface area contributed by atoms with Crippen LogP contribution in [0.2, 0.25) is 0 Å². The lowest BCUT2D eigenvalue weighted by Crippen LogP contribution is -2.22. The fourth-order valence-electron chi connectivity index (χ4n) is 1.77. The number of nitrogens with one attached hydrogen (secondary N) is 1. The number of fused-ring (bicyclic) bond motifs is 1. The minimum atomic E-state index is 0.857. The number of hydrogen-bond acceptors (Lipinski definition) is 4. The lowest BCUT2D eigenvalue weighted by molar-refractivity contribution is 0.629. The van der Waals surface area contributed by atoms with E-state index in [1.807, 2.05) is 4.68 Å². The van der Waals surface area contributed by atoms with E-state index in [4.69, 9.17) is 0 Å². The zero-order valence-corrected chi connectivity index (χ0v) is 8.22. The van der Waals surface area contributed by atoms with Gasteiger partial charge in [-0.3, -0.25) is 0 Å². The molecule has 0 bridgehead atoms. The molecule has 0 aromatic carbocycles. The highest BCUT2D eigenvalue weighted by Gasteiger charge is 2.13. The molecule has 0 unspecified atom stereocenters. The first-order chi connectivity index (χ1) is 7.43. The summed E-state index contributed by atoms with van der Waals surface area (Å²) >= 11 is 0. The van der Waals surface area contributed by atoms with Crippen molar-refractivity contribution < 1.29 is 0 Å². The van der Waals surface area contributed by atoms with Crippen molar-refractivity contribution >= 4 is 0 Å². The summed E-state index contributed by atoms with van der Waals surface area (Å²) in [5.74, 6) is 0. The van der Waals surface area contributed by atoms with E-state index in [2.05, 4.69) is 26.6 Å². The third-order valence-electron chi connectivity index (χ3n) is 2.55. The average molecular weight is 201 g/mol. The Morgan fingerprint density at radius 2 is 2.13 bits per heavy atom. The molecule has 1 N–H and O–H groups in total. The minimum absolute atomic E-state index is 0.857. The summed E-state index contributed by atoms with van der Waals surface area (Å²) < 4.78 is 1.84. The second-order valence-electron chi connectivity index (χ2n) is 3.57. The molecule has 15 heavy (non-hydrogen) atoms. The second kappa shape index (κ2) is 3.43. The van der Waals surface area contributed by atoms with Gasteiger partial charge in [-0.05, 0) is 18.5 Å². The van der Waals surface area contributed by atoms with Crippen LogP contribution in [0.15, 0.2) is 24.9 Å². The Morgan fingerprint density at radius 1 is 1.27 bits per heavy atom. The van der Waals surface area contributed by atoms with E-state index < -0.39 is 0 Å². The van der Waals surface area contributed by atoms with Crippen molar-refractivity contribution in [2.45, 2.75) is 13.0 Å². The molecule has 0 saturated carbocycles. The van der Waals surface area contributed by atoms with Gasteiger partial charge in [0.1, 0.15) is 12.0 Å². The molecule has 0 spiro atoms. The largest absolute Gasteiger partial charge is 0.311 e. The van der Waals surface area contributed by atoms with Crippen molar-refractivity contribution in [2.24, 2.45) is 0 Å². The molecule has 2 aromatic rings. The van der Waals surface area contributed by atoms with Gasteiger partial charge in [0.2, 0.25) is 0 Å². The Labute approximate surface area is 87.2 Å². The van der Waals surface area contributed by atoms with Gasteiger partial charge in [-0.1, -0.05) is 0 Å². The van der Waals surface area contributed by atoms with Crippen LogP contribution in [-0.4, -0.2) is 26.3 Å². The summed E-state index contributed by atoms with van der Waals surface area (Å²) in [6.07, 6.45) is 8.16. The van der Waals surface area contributed by atoms with Gasteiger partial charge >= 0.3 is 0 Å². The highest BCUT2D eigenvalue weighted by molar-refractivity contribution is 5.29. The Balaban J connectivity index is 2.03. The molecule has 0 aliphatic carbocycles. The molecular weight excluding hydrogens is 190 g/mol. The molecule has 5 heteroatoms. The Bertz CT molecular complexity index is 438. The van der Waals surface area contributed by atoms with Crippen LogP contribution in [0.1, 0.15) is 11.3 Å². The molecule has 3 heterocycles. The van der Waals surface area contributed by atoms with E-state index in [1.165, 1.54) is 11.9 Å². The molecule has 0 amide bonds. The highest BCUT2D eigenvalue weighted by Crippen LogP contribution is 2.14. The van der Waals surface area contributed by atoms with Gasteiger partial charge in [-0.15, -0.1) is 0 Å². The van der Waals surface area contributed by atoms with Gasteiger partial charge in [0.05, 0.1) is 18.1 Å². The maximum atomic E-state index is 4.50. The summed E-state index contributed by atoms with van der Waals surface area (Å²) in [6.45, 7) is 1.89. The number of rotatable bonds is 1. The third-order valence-corrected chi connectivity index (χ3v) is 2.55. The van der Waals surface area contributed by atoms with Crippen LogP contribution in [0, 0.1) is 0 Å². The Morgan fingerprint density at radius 3 is 2.93 bits per heavy atom. The van der Waals surface area contributed by atoms with Gasteiger partial charge in [-0.2, -0.15) is 5.10 Å². The first-order valence-electron chi connectivity index (χ1n) is 4.97. The molecule has 76 valence electrons. The molecule has 0 saturated heterocycles. The monoisotopic (exact) mass is 201 g/mol. The second-order valence-corrected chi connectivity index (χ2v) is 3.57. The molecule has 0 atom stereocenters. The van der Waals surface area contributed by atoms with Gasteiger partial charge < -0.3 is 5.32 Å². The van der Waals surface area contributed by atoms with Gasteiger partial charge in [-0.25, -0.2) is 14.6 Å². The SMILES string of the molecule is c1ncc(-n2cc3c(n2)CNCC3)cn1. The third kappa shape index (κ3) is 1.50. The first kappa shape index (κ1) is 8.55. The summed E-state index contributed by atoms with van der Waals surface area (Å²) in [7, 11) is 0. The average Bonchev–Trinajstić information content (AvgIpc) is 2.74.